The van der Waals surface area contributed by atoms with Crippen LogP contribution in [0.15, 0.2) is 42.9 Å². The van der Waals surface area contributed by atoms with Crippen molar-refractivity contribution in [2.75, 3.05) is 24.6 Å². The van der Waals surface area contributed by atoms with Crippen molar-refractivity contribution in [1.82, 2.24) is 15.0 Å². The lowest BCUT2D eigenvalue weighted by molar-refractivity contribution is 0.112. The van der Waals surface area contributed by atoms with E-state index in [1.54, 1.807) is 0 Å². The van der Waals surface area contributed by atoms with E-state index in [-0.39, 0.29) is 16.8 Å². The molecule has 1 aliphatic heterocycles. The summed E-state index contributed by atoms with van der Waals surface area (Å²) in [5.41, 5.74) is 1.18. The fourth-order valence-corrected chi connectivity index (χ4v) is 3.70. The number of aromatic nitrogens is 3. The lowest BCUT2D eigenvalue weighted by Crippen LogP contribution is -2.36. The summed E-state index contributed by atoms with van der Waals surface area (Å²) < 4.78 is 34.5. The van der Waals surface area contributed by atoms with Gasteiger partial charge in [0.25, 0.3) is 0 Å². The largest absolute Gasteiger partial charge is 0.492 e. The maximum Gasteiger partial charge on any atom is 0.225 e. The third-order valence-electron chi connectivity index (χ3n) is 5.68. The van der Waals surface area contributed by atoms with Gasteiger partial charge >= 0.3 is 0 Å². The Morgan fingerprint density at radius 3 is 2.44 bits per heavy atom. The topological polar surface area (TPSA) is 68.2 Å². The zero-order valence-electron chi connectivity index (χ0n) is 17.8. The molecular weight excluding hydrogens is 414 g/mol. The van der Waals surface area contributed by atoms with Crippen molar-refractivity contribution in [2.45, 2.75) is 26.2 Å². The van der Waals surface area contributed by atoms with Gasteiger partial charge in [-0.05, 0) is 42.9 Å². The van der Waals surface area contributed by atoms with Gasteiger partial charge in [-0.15, -0.1) is 0 Å². The molecule has 1 aromatic carbocycles. The van der Waals surface area contributed by atoms with Crippen LogP contribution >= 0.6 is 0 Å². The van der Waals surface area contributed by atoms with Crippen molar-refractivity contribution in [3.63, 3.8) is 0 Å². The van der Waals surface area contributed by atoms with Crippen LogP contribution in [0.4, 0.5) is 14.7 Å². The lowest BCUT2D eigenvalue weighted by atomic mass is 9.98. The van der Waals surface area contributed by atoms with Gasteiger partial charge < -0.3 is 9.64 Å². The molecule has 1 aliphatic rings. The third kappa shape index (κ3) is 4.90. The minimum Gasteiger partial charge on any atom is -0.492 e. The number of anilines is 1. The molecule has 166 valence electrons. The van der Waals surface area contributed by atoms with Gasteiger partial charge in [0.2, 0.25) is 5.95 Å². The van der Waals surface area contributed by atoms with E-state index in [2.05, 4.69) is 26.8 Å². The summed E-state index contributed by atoms with van der Waals surface area (Å²) in [6.07, 6.45) is 8.41. The summed E-state index contributed by atoms with van der Waals surface area (Å²) in [5.74, 6) is 0.00337. The summed E-state index contributed by atoms with van der Waals surface area (Å²) in [5, 5.41) is 0. The Morgan fingerprint density at radius 2 is 1.81 bits per heavy atom. The number of hydrogen-bond acceptors (Lipinski definition) is 6. The molecule has 0 radical (unpaired) electrons. The average Bonchev–Trinajstić information content (AvgIpc) is 2.83. The second-order valence-electron chi connectivity index (χ2n) is 7.84. The molecule has 6 nitrogen and oxygen atoms in total. The summed E-state index contributed by atoms with van der Waals surface area (Å²) in [7, 11) is 0. The first-order chi connectivity index (χ1) is 15.6. The fraction of sp³-hybridized carbons (Fsp3) is 0.333. The van der Waals surface area contributed by atoms with E-state index in [0.717, 1.165) is 49.9 Å². The van der Waals surface area contributed by atoms with Crippen molar-refractivity contribution in [3.05, 3.63) is 65.6 Å². The van der Waals surface area contributed by atoms with Crippen molar-refractivity contribution in [3.8, 4) is 17.0 Å². The van der Waals surface area contributed by atoms with Gasteiger partial charge in [0.05, 0.1) is 12.8 Å². The number of halogens is 2. The molecule has 8 heteroatoms. The molecule has 4 rings (SSSR count). The van der Waals surface area contributed by atoms with Crippen molar-refractivity contribution < 1.29 is 18.3 Å². The van der Waals surface area contributed by atoms with Crippen molar-refractivity contribution >= 4 is 12.2 Å². The number of carbonyl (C=O) groups is 1. The highest BCUT2D eigenvalue weighted by molar-refractivity contribution is 5.76. The van der Waals surface area contributed by atoms with Gasteiger partial charge in [-0.1, -0.05) is 13.0 Å². The highest BCUT2D eigenvalue weighted by Gasteiger charge is 2.22. The van der Waals surface area contributed by atoms with Crippen LogP contribution in [0, 0.1) is 17.6 Å². The van der Waals surface area contributed by atoms with Crippen LogP contribution in [-0.2, 0) is 6.42 Å². The molecule has 0 amide bonds. The summed E-state index contributed by atoms with van der Waals surface area (Å²) >= 11 is 0. The molecule has 0 spiro atoms. The molecular formula is C24H24F2N4O2. The van der Waals surface area contributed by atoms with Crippen molar-refractivity contribution in [1.29, 1.82) is 0 Å². The van der Waals surface area contributed by atoms with E-state index < -0.39 is 11.6 Å². The van der Waals surface area contributed by atoms with Gasteiger partial charge in [0.1, 0.15) is 23.5 Å². The number of hydrogen-bond donors (Lipinski definition) is 0. The maximum absolute atomic E-state index is 14.6. The first-order valence-electron chi connectivity index (χ1n) is 10.7. The Labute approximate surface area is 185 Å². The van der Waals surface area contributed by atoms with Crippen molar-refractivity contribution in [2.24, 2.45) is 5.92 Å². The quantitative estimate of drug-likeness (QED) is 0.507. The average molecular weight is 438 g/mol. The summed E-state index contributed by atoms with van der Waals surface area (Å²) in [6.45, 7) is 4.19. The van der Waals surface area contributed by atoms with E-state index >= 15 is 0 Å². The molecule has 0 unspecified atom stereocenters. The van der Waals surface area contributed by atoms with Crippen LogP contribution < -0.4 is 9.64 Å². The van der Waals surface area contributed by atoms with Crippen LogP contribution in [-0.4, -0.2) is 40.9 Å². The number of aldehydes is 1. The number of rotatable bonds is 7. The van der Waals surface area contributed by atoms with Crippen LogP contribution in [0.5, 0.6) is 5.75 Å². The maximum atomic E-state index is 14.6. The number of aryl methyl sites for hydroxylation is 1. The fourth-order valence-electron chi connectivity index (χ4n) is 3.70. The number of pyridine rings is 1. The number of carbonyl (C=O) groups excluding carboxylic acids is 1. The second kappa shape index (κ2) is 9.80. The van der Waals surface area contributed by atoms with Gasteiger partial charge in [-0.25, -0.2) is 23.7 Å². The smallest absolute Gasteiger partial charge is 0.225 e. The molecule has 0 atom stereocenters. The molecule has 0 N–H and O–H groups in total. The SMILES string of the molecule is CCc1cnc(N2CCC(COc3cnc(-c4ccc(C=O)cc4F)c(F)c3)CC2)nc1. The molecule has 1 saturated heterocycles. The van der Waals surface area contributed by atoms with E-state index in [9.17, 15) is 13.6 Å². The van der Waals surface area contributed by atoms with Crippen LogP contribution in [0.3, 0.4) is 0 Å². The Morgan fingerprint density at radius 1 is 1.06 bits per heavy atom. The van der Waals surface area contributed by atoms with E-state index in [1.165, 1.54) is 24.4 Å². The number of piperidine rings is 1. The zero-order chi connectivity index (χ0) is 22.5. The Hall–Kier alpha value is -3.42. The minimum absolute atomic E-state index is 0.00112. The van der Waals surface area contributed by atoms with Gasteiger partial charge in [-0.3, -0.25) is 4.79 Å². The van der Waals surface area contributed by atoms with Crippen LogP contribution in [0.25, 0.3) is 11.3 Å². The molecule has 32 heavy (non-hydrogen) atoms. The molecule has 1 fully saturated rings. The number of nitrogens with zero attached hydrogens (tertiary/aromatic N) is 4. The monoisotopic (exact) mass is 438 g/mol. The molecule has 0 aliphatic carbocycles. The predicted octanol–water partition coefficient (Wildman–Crippen LogP) is 4.49. The molecule has 0 bridgehead atoms. The minimum atomic E-state index is -0.699. The normalized spacial score (nSPS) is 14.4. The molecule has 0 saturated carbocycles. The van der Waals surface area contributed by atoms with E-state index in [1.807, 2.05) is 12.4 Å². The summed E-state index contributed by atoms with van der Waals surface area (Å²) in [6, 6.07) is 5.04. The third-order valence-corrected chi connectivity index (χ3v) is 5.68. The number of ether oxygens (including phenoxy) is 1. The molecule has 3 aromatic rings. The van der Waals surface area contributed by atoms with E-state index in [0.29, 0.717) is 24.6 Å². The van der Waals surface area contributed by atoms with Gasteiger partial charge in [0, 0.05) is 42.7 Å². The second-order valence-corrected chi connectivity index (χ2v) is 7.84. The molecule has 2 aromatic heterocycles. The standard InChI is InChI=1S/C24H24F2N4O2/c1-2-16-11-28-24(29-12-16)30-7-5-17(6-8-30)15-32-19-10-22(26)23(27-13-19)20-4-3-18(14-31)9-21(20)25/h3-4,9-14,17H,2,5-8,15H2,1H3. The van der Waals surface area contributed by atoms with Gasteiger partial charge in [0.15, 0.2) is 5.82 Å². The number of benzene rings is 1. The first kappa shape index (κ1) is 21.8. The van der Waals surface area contributed by atoms with Gasteiger partial charge in [-0.2, -0.15) is 0 Å². The van der Waals surface area contributed by atoms with Crippen LogP contribution in [0.2, 0.25) is 0 Å². The predicted molar refractivity (Wildman–Crippen MR) is 117 cm³/mol. The van der Waals surface area contributed by atoms with Crippen LogP contribution in [0.1, 0.15) is 35.7 Å². The zero-order valence-corrected chi connectivity index (χ0v) is 17.8. The Bertz CT molecular complexity index is 1080. The highest BCUT2D eigenvalue weighted by atomic mass is 19.1. The Balaban J connectivity index is 1.33. The lowest BCUT2D eigenvalue weighted by Gasteiger charge is -2.31. The highest BCUT2D eigenvalue weighted by Crippen LogP contribution is 2.27. The van der Waals surface area contributed by atoms with E-state index in [4.69, 9.17) is 4.74 Å². The summed E-state index contributed by atoms with van der Waals surface area (Å²) in [4.78, 5) is 25.8. The Kier molecular flexibility index (Phi) is 6.68. The molecule has 3 heterocycles. The first-order valence-corrected chi connectivity index (χ1v) is 10.7.